The summed E-state index contributed by atoms with van der Waals surface area (Å²) in [4.78, 5) is 64.8. The molecule has 0 bridgehead atoms. The molecule has 0 saturated carbocycles. The summed E-state index contributed by atoms with van der Waals surface area (Å²) in [5.41, 5.74) is 6.29. The number of carbonyl (C=O) groups is 4. The molecule has 8 aliphatic heterocycles. The van der Waals surface area contributed by atoms with Crippen LogP contribution in [0.3, 0.4) is 0 Å². The largest absolute Gasteiger partial charge is 0.497 e. The van der Waals surface area contributed by atoms with E-state index in [1.54, 1.807) is 133 Å². The molecule has 8 aromatic rings. The molecule has 8 aromatic carbocycles. The van der Waals surface area contributed by atoms with Crippen molar-refractivity contribution in [3.63, 3.8) is 0 Å². The van der Waals surface area contributed by atoms with Crippen molar-refractivity contribution in [2.75, 3.05) is 188 Å². The summed E-state index contributed by atoms with van der Waals surface area (Å²) in [5, 5.41) is 1.93. The second kappa shape index (κ2) is 49.8. The predicted octanol–water partition coefficient (Wildman–Crippen LogP) is 20.0. The fourth-order valence-corrected chi connectivity index (χ4v) is 28.5. The van der Waals surface area contributed by atoms with E-state index in [1.165, 1.54) is 64.6 Å². The van der Waals surface area contributed by atoms with Gasteiger partial charge in [-0.25, -0.2) is 42.5 Å². The number of anilines is 4. The second-order valence-electron chi connectivity index (χ2n) is 39.5. The first-order valence-corrected chi connectivity index (χ1v) is 57.2. The van der Waals surface area contributed by atoms with Crippen LogP contribution in [0.1, 0.15) is 170 Å². The van der Waals surface area contributed by atoms with Crippen molar-refractivity contribution < 1.29 is 66.4 Å². The smallest absolute Gasteiger partial charge is 0.254 e. The lowest BCUT2D eigenvalue weighted by Crippen LogP contribution is -2.40. The highest BCUT2D eigenvalue weighted by atomic mass is 79.9. The van der Waals surface area contributed by atoms with Gasteiger partial charge in [-0.2, -0.15) is 17.2 Å². The standard InChI is InChI=1S/C27H36ClN3O4S.C26H33BrClN3O3S.2C26H33ClFN3O3S/c1-29(2)27(32)25-8-7-22(18-26(25)28)30-13-9-20(10-14-30)17-21-11-15-31(16-12-21)36(33,34)24-6-4-5-23(19-24)35-3;1-29(2)26(32)24-7-6-22(18-25(24)28)30-12-8-19(9-13-30)16-20-10-14-31(15-11-20)35(33,34)23-5-3-4-21(27)17-23;1-29(2)26(32)24-7-6-22(18-25(24)27)30-12-8-19(9-13-30)16-20-10-14-31(15-11-20)35(33,34)23-5-3-4-21(28)17-23;1-29(2)26(32)22-8-7-21(18-23(22)27)30-13-9-19(10-14-30)17-20-11-15-31(16-12-20)35(33,34)25-6-4-3-5-24(25)28/h4-8,18-21H,9-17H2,1-3H3;2*3-7,17-20H,8-16H2,1-2H3;3-8,18-20H,9-17H2,1-2H3. The first kappa shape index (κ1) is 110. The molecule has 141 heavy (non-hydrogen) atoms. The van der Waals surface area contributed by atoms with E-state index in [1.807, 2.05) is 66.7 Å². The SMILES string of the molecule is CN(C)C(=O)c1ccc(N2CCC(CC3CCN(S(=O)(=O)c4cccc(Br)c4)CC3)CC2)cc1Cl.CN(C)C(=O)c1ccc(N2CCC(CC3CCN(S(=O)(=O)c4cccc(F)c4)CC3)CC2)cc1Cl.CN(C)C(=O)c1ccc(N2CCC(CC3CCN(S(=O)(=O)c4ccccc4F)CC3)CC2)cc1Cl.COc1cccc(S(=O)(=O)N2CCC(CC3CCN(c4ccc(C(=O)N(C)C)c(Cl)c4)CC3)CC2)c1. The minimum atomic E-state index is -3.79. The van der Waals surface area contributed by atoms with Crippen molar-refractivity contribution in [3.8, 4) is 5.75 Å². The Morgan fingerprint density at radius 3 is 0.816 bits per heavy atom. The number of halogens is 7. The maximum atomic E-state index is 14.1. The number of benzene rings is 8. The third kappa shape index (κ3) is 28.6. The molecule has 0 spiro atoms. The molecule has 0 aromatic heterocycles. The van der Waals surface area contributed by atoms with Crippen molar-refractivity contribution in [3.05, 3.63) is 228 Å². The lowest BCUT2D eigenvalue weighted by Gasteiger charge is -2.37. The molecule has 0 atom stereocenters. The fourth-order valence-electron chi connectivity index (χ4n) is 20.9. The third-order valence-electron chi connectivity index (χ3n) is 29.2. The number of methoxy groups -OCH3 is 1. The van der Waals surface area contributed by atoms with Gasteiger partial charge in [0.1, 0.15) is 22.3 Å². The molecule has 4 amide bonds. The molecular formula is C105H135BrCl4F2N12O13S4. The van der Waals surface area contributed by atoms with Crippen LogP contribution in [0.2, 0.25) is 20.1 Å². The summed E-state index contributed by atoms with van der Waals surface area (Å²) < 4.78 is 143. The molecule has 766 valence electrons. The number of sulfonamides is 4. The number of rotatable bonds is 25. The minimum absolute atomic E-state index is 0.0301. The molecule has 8 heterocycles. The van der Waals surface area contributed by atoms with E-state index in [0.29, 0.717) is 158 Å². The van der Waals surface area contributed by atoms with Crippen molar-refractivity contribution in [2.24, 2.45) is 47.3 Å². The number of hydrogen-bond donors (Lipinski definition) is 0. The molecule has 8 aliphatic rings. The van der Waals surface area contributed by atoms with Crippen LogP contribution in [0.5, 0.6) is 5.75 Å². The van der Waals surface area contributed by atoms with Crippen LogP contribution in [0, 0.1) is 59.0 Å². The number of piperidine rings is 8. The average molecular weight is 2160 g/mol. The lowest BCUT2D eigenvalue weighted by molar-refractivity contribution is 0.0820. The molecule has 8 fully saturated rings. The normalized spacial score (nSPS) is 18.5. The monoisotopic (exact) mass is 2160 g/mol. The van der Waals surface area contributed by atoms with Crippen LogP contribution in [0.4, 0.5) is 31.5 Å². The molecule has 36 heteroatoms. The van der Waals surface area contributed by atoms with Gasteiger partial charge in [0.2, 0.25) is 40.1 Å². The molecule has 25 nitrogen and oxygen atoms in total. The van der Waals surface area contributed by atoms with Crippen molar-refractivity contribution in [2.45, 2.75) is 148 Å². The Morgan fingerprint density at radius 1 is 0.312 bits per heavy atom. The van der Waals surface area contributed by atoms with Gasteiger partial charge in [0, 0.05) is 194 Å². The Labute approximate surface area is 862 Å². The summed E-state index contributed by atoms with van der Waals surface area (Å²) in [5.74, 6) is 3.62. The molecule has 8 saturated heterocycles. The molecule has 0 unspecified atom stereocenters. The second-order valence-corrected chi connectivity index (χ2v) is 49.8. The quantitative estimate of drug-likeness (QED) is 0.0515. The van der Waals surface area contributed by atoms with Crippen molar-refractivity contribution in [1.29, 1.82) is 0 Å². The molecule has 0 radical (unpaired) electrons. The maximum Gasteiger partial charge on any atom is 0.254 e. The zero-order valence-corrected chi connectivity index (χ0v) is 90.1. The zero-order chi connectivity index (χ0) is 101. The van der Waals surface area contributed by atoms with Gasteiger partial charge in [-0.3, -0.25) is 19.2 Å². The van der Waals surface area contributed by atoms with Gasteiger partial charge in [0.05, 0.1) is 64.1 Å². The van der Waals surface area contributed by atoms with Crippen LogP contribution >= 0.6 is 62.3 Å². The van der Waals surface area contributed by atoms with E-state index >= 15 is 0 Å². The average Bonchev–Trinajstić information content (AvgIpc) is 0.804. The van der Waals surface area contributed by atoms with Gasteiger partial charge in [-0.05, 0) is 309 Å². The van der Waals surface area contributed by atoms with Crippen LogP contribution in [0.15, 0.2) is 194 Å². The van der Waals surface area contributed by atoms with Crippen molar-refractivity contribution in [1.82, 2.24) is 36.8 Å². The Balaban J connectivity index is 0.000000158. The van der Waals surface area contributed by atoms with Gasteiger partial charge in [-0.15, -0.1) is 0 Å². The fraction of sp³-hybridized carbons (Fsp3) is 0.505. The molecule has 0 N–H and O–H groups in total. The minimum Gasteiger partial charge on any atom is -0.497 e. The van der Waals surface area contributed by atoms with Gasteiger partial charge in [0.25, 0.3) is 23.6 Å². The summed E-state index contributed by atoms with van der Waals surface area (Å²) in [7, 11) is 0.929. The van der Waals surface area contributed by atoms with Gasteiger partial charge >= 0.3 is 0 Å². The van der Waals surface area contributed by atoms with Gasteiger partial charge < -0.3 is 43.9 Å². The maximum absolute atomic E-state index is 14.1. The Bertz CT molecular complexity index is 5930. The summed E-state index contributed by atoms with van der Waals surface area (Å²) in [6, 6.07) is 47.2. The first-order valence-electron chi connectivity index (χ1n) is 49.1. The molecular weight excluding hydrogens is 2030 g/mol. The summed E-state index contributed by atoms with van der Waals surface area (Å²) >= 11 is 29.0. The van der Waals surface area contributed by atoms with Crippen molar-refractivity contribution >= 4 is 149 Å². The third-order valence-corrected chi connectivity index (χ3v) is 38.6. The first-order chi connectivity index (χ1) is 67.1. The lowest BCUT2D eigenvalue weighted by atomic mass is 9.83. The van der Waals surface area contributed by atoms with E-state index in [0.717, 1.165) is 214 Å². The summed E-state index contributed by atoms with van der Waals surface area (Å²) in [6.07, 6.45) is 20.2. The zero-order valence-electron chi connectivity index (χ0n) is 82.2. The Kier molecular flexibility index (Phi) is 38.8. The number of ether oxygens (including phenoxy) is 1. The highest BCUT2D eigenvalue weighted by Gasteiger charge is 2.39. The van der Waals surface area contributed by atoms with Gasteiger partial charge in [-0.1, -0.05) is 92.7 Å². The highest BCUT2D eigenvalue weighted by molar-refractivity contribution is 9.10. The van der Waals surface area contributed by atoms with E-state index < -0.39 is 51.7 Å². The van der Waals surface area contributed by atoms with Crippen LogP contribution < -0.4 is 24.3 Å². The Hall–Kier alpha value is -8.22. The summed E-state index contributed by atoms with van der Waals surface area (Å²) in [6.45, 7) is 11.8. The van der Waals surface area contributed by atoms with Crippen LogP contribution in [-0.4, -0.2) is 262 Å². The topological polar surface area (TPSA) is 253 Å². The predicted molar refractivity (Wildman–Crippen MR) is 562 cm³/mol. The van der Waals surface area contributed by atoms with E-state index in [2.05, 4.69) is 35.5 Å². The number of nitrogens with zero attached hydrogens (tertiary/aromatic N) is 12. The highest BCUT2D eigenvalue weighted by Crippen LogP contribution is 2.42. The molecule has 0 aliphatic carbocycles. The number of carbonyl (C=O) groups excluding carboxylic acids is 4. The van der Waals surface area contributed by atoms with E-state index in [9.17, 15) is 61.6 Å². The molecule has 16 rings (SSSR count). The number of hydrogen-bond acceptors (Lipinski definition) is 17. The van der Waals surface area contributed by atoms with Crippen LogP contribution in [-0.2, 0) is 40.1 Å². The van der Waals surface area contributed by atoms with Gasteiger partial charge in [0.15, 0.2) is 0 Å². The van der Waals surface area contributed by atoms with Crippen LogP contribution in [0.25, 0.3) is 0 Å². The van der Waals surface area contributed by atoms with E-state index in [-0.39, 0.29) is 33.4 Å². The Morgan fingerprint density at radius 2 is 0.560 bits per heavy atom. The van der Waals surface area contributed by atoms with E-state index in [4.69, 9.17) is 51.1 Å². The number of amides is 4.